The molecule has 1 N–H and O–H groups in total. The van der Waals surface area contributed by atoms with E-state index >= 15 is 0 Å². The lowest BCUT2D eigenvalue weighted by atomic mass is 10.00. The quantitative estimate of drug-likeness (QED) is 0.733. The van der Waals surface area contributed by atoms with Crippen LogP contribution in [-0.4, -0.2) is 63.1 Å². The zero-order valence-electron chi connectivity index (χ0n) is 13.2. The molecule has 138 valence electrons. The van der Waals surface area contributed by atoms with Gasteiger partial charge in [0.15, 0.2) is 11.4 Å². The van der Waals surface area contributed by atoms with Crippen molar-refractivity contribution in [2.45, 2.75) is 18.5 Å². The summed E-state index contributed by atoms with van der Waals surface area (Å²) in [6, 6.07) is 1.80. The number of halogens is 3. The molecule has 12 heteroatoms. The Morgan fingerprint density at radius 2 is 2.08 bits per heavy atom. The Bertz CT molecular complexity index is 1080. The standard InChI is InChI=1S/C14H13F3N6O2S/c15-14(16,17)7-26(24,25)23-4-2-8(6-23)12-11-9-1-3-18-13(9)22-20-10(11)5-19-21-12/h1,3,5,8H,2,4,6-7H2,(H,18,22). The summed E-state index contributed by atoms with van der Waals surface area (Å²) in [6.07, 6.45) is -1.27. The number of sulfonamides is 1. The Labute approximate surface area is 145 Å². The van der Waals surface area contributed by atoms with Crippen LogP contribution in [-0.2, 0) is 10.0 Å². The van der Waals surface area contributed by atoms with Crippen LogP contribution in [0.1, 0.15) is 18.0 Å². The molecule has 0 amide bonds. The average molecular weight is 386 g/mol. The highest BCUT2D eigenvalue weighted by Crippen LogP contribution is 2.34. The third kappa shape index (κ3) is 2.98. The first-order valence-corrected chi connectivity index (χ1v) is 9.35. The highest BCUT2D eigenvalue weighted by atomic mass is 32.2. The Balaban J connectivity index is 1.71. The van der Waals surface area contributed by atoms with Crippen LogP contribution in [0.15, 0.2) is 18.5 Å². The van der Waals surface area contributed by atoms with E-state index in [9.17, 15) is 21.6 Å². The molecule has 0 radical (unpaired) electrons. The first kappa shape index (κ1) is 17.1. The number of H-pyrrole nitrogens is 1. The van der Waals surface area contributed by atoms with E-state index in [4.69, 9.17) is 0 Å². The molecule has 0 bridgehead atoms. The molecule has 0 aliphatic carbocycles. The fourth-order valence-corrected chi connectivity index (χ4v) is 4.67. The smallest absolute Gasteiger partial charge is 0.345 e. The minimum absolute atomic E-state index is 0.00986. The minimum Gasteiger partial charge on any atom is -0.345 e. The normalized spacial score (nSPS) is 19.6. The van der Waals surface area contributed by atoms with Gasteiger partial charge in [-0.05, 0) is 12.5 Å². The van der Waals surface area contributed by atoms with Crippen molar-refractivity contribution in [1.82, 2.24) is 29.7 Å². The number of alkyl halides is 3. The van der Waals surface area contributed by atoms with Gasteiger partial charge in [-0.3, -0.25) is 0 Å². The molecule has 1 aliphatic rings. The summed E-state index contributed by atoms with van der Waals surface area (Å²) in [7, 11) is -4.42. The van der Waals surface area contributed by atoms with Crippen LogP contribution in [0.2, 0.25) is 0 Å². The van der Waals surface area contributed by atoms with Crippen molar-refractivity contribution >= 4 is 32.0 Å². The van der Waals surface area contributed by atoms with Gasteiger partial charge in [-0.1, -0.05) is 0 Å². The van der Waals surface area contributed by atoms with Crippen LogP contribution < -0.4 is 0 Å². The molecule has 1 fully saturated rings. The third-order valence-corrected chi connectivity index (χ3v) is 6.20. The Morgan fingerprint density at radius 1 is 1.27 bits per heavy atom. The zero-order chi connectivity index (χ0) is 18.5. The van der Waals surface area contributed by atoms with Crippen LogP contribution in [0.4, 0.5) is 13.2 Å². The maximum atomic E-state index is 12.5. The van der Waals surface area contributed by atoms with E-state index < -0.39 is 22.0 Å². The lowest BCUT2D eigenvalue weighted by Crippen LogP contribution is -2.36. The molecule has 4 rings (SSSR count). The molecule has 8 nitrogen and oxygen atoms in total. The van der Waals surface area contributed by atoms with Gasteiger partial charge >= 0.3 is 6.18 Å². The van der Waals surface area contributed by atoms with Crippen molar-refractivity contribution in [2.24, 2.45) is 0 Å². The second-order valence-corrected chi connectivity index (χ2v) is 8.11. The van der Waals surface area contributed by atoms with Crippen molar-refractivity contribution in [3.05, 3.63) is 24.2 Å². The summed E-state index contributed by atoms with van der Waals surface area (Å²) in [5.41, 5.74) is 1.57. The minimum atomic E-state index is -4.77. The maximum Gasteiger partial charge on any atom is 0.404 e. The second-order valence-electron chi connectivity index (χ2n) is 6.15. The zero-order valence-corrected chi connectivity index (χ0v) is 14.0. The molecule has 3 aromatic rings. The summed E-state index contributed by atoms with van der Waals surface area (Å²) in [5, 5.41) is 17.6. The summed E-state index contributed by atoms with van der Waals surface area (Å²) < 4.78 is 62.5. The number of aromatic nitrogens is 5. The predicted molar refractivity (Wildman–Crippen MR) is 85.8 cm³/mol. The Kier molecular flexibility index (Phi) is 3.84. The molecule has 0 saturated carbocycles. The average Bonchev–Trinajstić information content (AvgIpc) is 3.21. The number of nitrogens with zero attached hydrogens (tertiary/aromatic N) is 5. The molecule has 1 unspecified atom stereocenters. The van der Waals surface area contributed by atoms with Gasteiger partial charge in [0.1, 0.15) is 5.52 Å². The van der Waals surface area contributed by atoms with Gasteiger partial charge in [0.05, 0.1) is 11.9 Å². The Hall–Kier alpha value is -2.34. The highest BCUT2D eigenvalue weighted by Gasteiger charge is 2.41. The van der Waals surface area contributed by atoms with Crippen LogP contribution in [0.5, 0.6) is 0 Å². The molecule has 3 aromatic heterocycles. The number of rotatable bonds is 3. The number of hydrogen-bond acceptors (Lipinski definition) is 6. The first-order chi connectivity index (χ1) is 12.2. The van der Waals surface area contributed by atoms with Crippen LogP contribution in [0.25, 0.3) is 21.9 Å². The first-order valence-electron chi connectivity index (χ1n) is 7.74. The summed E-state index contributed by atoms with van der Waals surface area (Å²) >= 11 is 0. The molecule has 1 atom stereocenters. The van der Waals surface area contributed by atoms with Crippen molar-refractivity contribution in [3.8, 4) is 0 Å². The lowest BCUT2D eigenvalue weighted by Gasteiger charge is -2.17. The molecule has 1 saturated heterocycles. The number of nitrogens with one attached hydrogen (secondary N) is 1. The van der Waals surface area contributed by atoms with Gasteiger partial charge < -0.3 is 4.98 Å². The molecule has 26 heavy (non-hydrogen) atoms. The molecule has 0 aromatic carbocycles. The summed E-state index contributed by atoms with van der Waals surface area (Å²) in [4.78, 5) is 2.94. The third-order valence-electron chi connectivity index (χ3n) is 4.39. The molecule has 4 heterocycles. The summed E-state index contributed by atoms with van der Waals surface area (Å²) in [6.45, 7) is -0.0591. The molecular formula is C14H13F3N6O2S. The van der Waals surface area contributed by atoms with E-state index in [-0.39, 0.29) is 19.0 Å². The van der Waals surface area contributed by atoms with E-state index in [0.717, 1.165) is 9.69 Å². The molecule has 1 aliphatic heterocycles. The van der Waals surface area contributed by atoms with E-state index in [1.165, 1.54) is 6.20 Å². The highest BCUT2D eigenvalue weighted by molar-refractivity contribution is 7.89. The topological polar surface area (TPSA) is 105 Å². The fraction of sp³-hybridized carbons (Fsp3) is 0.429. The number of hydrogen-bond donors (Lipinski definition) is 1. The lowest BCUT2D eigenvalue weighted by molar-refractivity contribution is -0.106. The molecular weight excluding hydrogens is 373 g/mol. The fourth-order valence-electron chi connectivity index (χ4n) is 3.28. The van der Waals surface area contributed by atoms with E-state index in [1.807, 2.05) is 0 Å². The van der Waals surface area contributed by atoms with Gasteiger partial charge in [0, 0.05) is 36.0 Å². The predicted octanol–water partition coefficient (Wildman–Crippen LogP) is 1.58. The van der Waals surface area contributed by atoms with Crippen molar-refractivity contribution in [2.75, 3.05) is 18.8 Å². The van der Waals surface area contributed by atoms with Gasteiger partial charge in [0.2, 0.25) is 10.0 Å². The van der Waals surface area contributed by atoms with Gasteiger partial charge in [-0.2, -0.15) is 23.4 Å². The summed E-state index contributed by atoms with van der Waals surface area (Å²) in [5.74, 6) is -2.22. The Morgan fingerprint density at radius 3 is 2.85 bits per heavy atom. The molecule has 0 spiro atoms. The van der Waals surface area contributed by atoms with Crippen molar-refractivity contribution in [3.63, 3.8) is 0 Å². The van der Waals surface area contributed by atoms with Gasteiger partial charge in [-0.25, -0.2) is 12.7 Å². The van der Waals surface area contributed by atoms with Crippen molar-refractivity contribution < 1.29 is 21.6 Å². The van der Waals surface area contributed by atoms with E-state index in [0.29, 0.717) is 28.7 Å². The van der Waals surface area contributed by atoms with Crippen LogP contribution >= 0.6 is 0 Å². The van der Waals surface area contributed by atoms with Crippen LogP contribution in [0, 0.1) is 0 Å². The van der Waals surface area contributed by atoms with E-state index in [2.05, 4.69) is 25.4 Å². The number of fused-ring (bicyclic) bond motifs is 3. The monoisotopic (exact) mass is 386 g/mol. The largest absolute Gasteiger partial charge is 0.404 e. The second kappa shape index (κ2) is 5.84. The van der Waals surface area contributed by atoms with E-state index in [1.54, 1.807) is 12.3 Å². The maximum absolute atomic E-state index is 12.5. The number of aromatic amines is 1. The van der Waals surface area contributed by atoms with Crippen molar-refractivity contribution in [1.29, 1.82) is 0 Å². The van der Waals surface area contributed by atoms with Crippen LogP contribution in [0.3, 0.4) is 0 Å². The van der Waals surface area contributed by atoms with Gasteiger partial charge in [0.25, 0.3) is 0 Å². The van der Waals surface area contributed by atoms with Gasteiger partial charge in [-0.15, -0.1) is 10.2 Å². The SMILES string of the molecule is O=S(=O)(CC(F)(F)F)N1CCC(c2nncc3nnc4[nH]ccc4c23)C1.